The Labute approximate surface area is 156 Å². The summed E-state index contributed by atoms with van der Waals surface area (Å²) in [6.45, 7) is 1.47. The molecule has 0 atom stereocenters. The first-order chi connectivity index (χ1) is 12.7. The van der Waals surface area contributed by atoms with E-state index < -0.39 is 12.8 Å². The van der Waals surface area contributed by atoms with Crippen LogP contribution in [0.2, 0.25) is 0 Å². The van der Waals surface area contributed by atoms with Crippen LogP contribution in [-0.2, 0) is 24.4 Å². The van der Waals surface area contributed by atoms with Crippen LogP contribution in [0, 0.1) is 6.92 Å². The van der Waals surface area contributed by atoms with Crippen molar-refractivity contribution in [3.63, 3.8) is 0 Å². The number of nitrogens with one attached hydrogen (secondary N) is 1. The zero-order chi connectivity index (χ0) is 19.9. The zero-order valence-electron chi connectivity index (χ0n) is 15.3. The van der Waals surface area contributed by atoms with Crippen LogP contribution < -0.4 is 5.32 Å². The lowest BCUT2D eigenvalue weighted by Crippen LogP contribution is -2.36. The highest BCUT2D eigenvalue weighted by Gasteiger charge is 2.27. The summed E-state index contributed by atoms with van der Waals surface area (Å²) >= 11 is 0. The van der Waals surface area contributed by atoms with E-state index in [0.717, 1.165) is 16.7 Å². The van der Waals surface area contributed by atoms with Gasteiger partial charge in [0, 0.05) is 20.1 Å². The van der Waals surface area contributed by atoms with E-state index in [0.29, 0.717) is 18.7 Å². The van der Waals surface area contributed by atoms with Gasteiger partial charge in [-0.2, -0.15) is 13.2 Å². The number of ether oxygens (including phenoxy) is 1. The van der Waals surface area contributed by atoms with E-state index in [2.05, 4.69) is 10.1 Å². The van der Waals surface area contributed by atoms with Crippen molar-refractivity contribution >= 4 is 6.03 Å². The molecule has 0 fully saturated rings. The number of carbonyl (C=O) groups excluding carboxylic acids is 1. The number of nitrogens with zero attached hydrogens (tertiary/aromatic N) is 1. The van der Waals surface area contributed by atoms with Crippen molar-refractivity contribution in [3.8, 4) is 0 Å². The average molecular weight is 380 g/mol. The van der Waals surface area contributed by atoms with Crippen molar-refractivity contribution < 1.29 is 22.7 Å². The third kappa shape index (κ3) is 7.70. The van der Waals surface area contributed by atoms with Gasteiger partial charge in [0.2, 0.25) is 0 Å². The number of hydrogen-bond donors (Lipinski definition) is 1. The molecule has 2 rings (SSSR count). The maximum Gasteiger partial charge on any atom is 0.411 e. The number of rotatable bonds is 7. The van der Waals surface area contributed by atoms with Crippen molar-refractivity contribution in [1.82, 2.24) is 10.2 Å². The van der Waals surface area contributed by atoms with E-state index >= 15 is 0 Å². The standard InChI is InChI=1S/C20H23F3N2O2/c1-15-3-5-17(6-4-15)12-25(2)19(26)24-11-16-7-9-18(10-8-16)13-27-14-20(21,22)23/h3-10H,11-14H2,1-2H3,(H,24,26). The Morgan fingerprint density at radius 1 is 1.00 bits per heavy atom. The van der Waals surface area contributed by atoms with Crippen LogP contribution in [0.1, 0.15) is 22.3 Å². The van der Waals surface area contributed by atoms with Gasteiger partial charge in [-0.15, -0.1) is 0 Å². The molecule has 0 saturated heterocycles. The molecule has 4 nitrogen and oxygen atoms in total. The van der Waals surface area contributed by atoms with Crippen LogP contribution in [0.25, 0.3) is 0 Å². The molecule has 1 N–H and O–H groups in total. The molecule has 7 heteroatoms. The molecule has 2 aromatic carbocycles. The van der Waals surface area contributed by atoms with Crippen molar-refractivity contribution in [1.29, 1.82) is 0 Å². The Bertz CT molecular complexity index is 728. The highest BCUT2D eigenvalue weighted by molar-refractivity contribution is 5.73. The Kier molecular flexibility index (Phi) is 7.24. The largest absolute Gasteiger partial charge is 0.411 e. The van der Waals surface area contributed by atoms with Gasteiger partial charge in [-0.05, 0) is 23.6 Å². The van der Waals surface area contributed by atoms with Gasteiger partial charge >= 0.3 is 12.2 Å². The molecule has 0 aliphatic heterocycles. The van der Waals surface area contributed by atoms with Gasteiger partial charge in [0.1, 0.15) is 6.61 Å². The molecule has 2 amide bonds. The lowest BCUT2D eigenvalue weighted by molar-refractivity contribution is -0.176. The van der Waals surface area contributed by atoms with E-state index in [1.54, 1.807) is 36.2 Å². The fraction of sp³-hybridized carbons (Fsp3) is 0.350. The third-order valence-corrected chi connectivity index (χ3v) is 3.89. The number of benzene rings is 2. The molecule has 146 valence electrons. The molecular weight excluding hydrogens is 357 g/mol. The molecule has 0 radical (unpaired) electrons. The maximum atomic E-state index is 12.2. The quantitative estimate of drug-likeness (QED) is 0.773. The second kappa shape index (κ2) is 9.41. The lowest BCUT2D eigenvalue weighted by atomic mass is 10.1. The summed E-state index contributed by atoms with van der Waals surface area (Å²) in [5.41, 5.74) is 3.71. The van der Waals surface area contributed by atoms with Gasteiger partial charge in [0.05, 0.1) is 6.61 Å². The van der Waals surface area contributed by atoms with E-state index in [4.69, 9.17) is 0 Å². The van der Waals surface area contributed by atoms with Gasteiger partial charge in [-0.1, -0.05) is 54.1 Å². The smallest absolute Gasteiger partial charge is 0.367 e. The summed E-state index contributed by atoms with van der Waals surface area (Å²) in [5.74, 6) is 0. The predicted octanol–water partition coefficient (Wildman–Crippen LogP) is 4.42. The number of aryl methyl sites for hydroxylation is 1. The number of carbonyl (C=O) groups is 1. The monoisotopic (exact) mass is 380 g/mol. The second-order valence-corrected chi connectivity index (χ2v) is 6.42. The average Bonchev–Trinajstić information content (AvgIpc) is 2.61. The number of alkyl halides is 3. The molecule has 0 unspecified atom stereocenters. The van der Waals surface area contributed by atoms with Crippen molar-refractivity contribution in [2.45, 2.75) is 32.8 Å². The Hall–Kier alpha value is -2.54. The molecule has 0 bridgehead atoms. The van der Waals surface area contributed by atoms with E-state index in [1.807, 2.05) is 31.2 Å². The fourth-order valence-corrected chi connectivity index (χ4v) is 2.39. The molecule has 0 aliphatic rings. The van der Waals surface area contributed by atoms with Gasteiger partial charge in [0.15, 0.2) is 0 Å². The Morgan fingerprint density at radius 2 is 1.56 bits per heavy atom. The Morgan fingerprint density at radius 3 is 2.15 bits per heavy atom. The van der Waals surface area contributed by atoms with E-state index in [1.165, 1.54) is 0 Å². The second-order valence-electron chi connectivity index (χ2n) is 6.42. The predicted molar refractivity (Wildman–Crippen MR) is 97.0 cm³/mol. The third-order valence-electron chi connectivity index (χ3n) is 3.89. The van der Waals surface area contributed by atoms with Crippen LogP contribution in [-0.4, -0.2) is 30.8 Å². The van der Waals surface area contributed by atoms with E-state index in [-0.39, 0.29) is 12.6 Å². The molecule has 2 aromatic rings. The van der Waals surface area contributed by atoms with Crippen molar-refractivity contribution in [2.75, 3.05) is 13.7 Å². The van der Waals surface area contributed by atoms with Gasteiger partial charge < -0.3 is 15.0 Å². The Balaban J connectivity index is 1.76. The molecule has 0 aliphatic carbocycles. The molecular formula is C20H23F3N2O2. The molecule has 0 saturated carbocycles. The zero-order valence-corrected chi connectivity index (χ0v) is 15.3. The molecule has 0 heterocycles. The SMILES string of the molecule is Cc1ccc(CN(C)C(=O)NCc2ccc(COCC(F)(F)F)cc2)cc1. The number of halogens is 3. The topological polar surface area (TPSA) is 41.6 Å². The summed E-state index contributed by atoms with van der Waals surface area (Å²) in [5, 5.41) is 2.82. The van der Waals surface area contributed by atoms with Crippen LogP contribution in [0.15, 0.2) is 48.5 Å². The fourth-order valence-electron chi connectivity index (χ4n) is 2.39. The van der Waals surface area contributed by atoms with E-state index in [9.17, 15) is 18.0 Å². The summed E-state index contributed by atoms with van der Waals surface area (Å²) in [6, 6.07) is 14.7. The normalized spacial score (nSPS) is 11.3. The number of urea groups is 1. The van der Waals surface area contributed by atoms with Crippen LogP contribution in [0.5, 0.6) is 0 Å². The molecule has 0 spiro atoms. The first kappa shape index (κ1) is 20.8. The van der Waals surface area contributed by atoms with Crippen molar-refractivity contribution in [3.05, 3.63) is 70.8 Å². The molecule has 0 aromatic heterocycles. The van der Waals surface area contributed by atoms with Gasteiger partial charge in [0.25, 0.3) is 0 Å². The minimum absolute atomic E-state index is 0.106. The summed E-state index contributed by atoms with van der Waals surface area (Å²) in [4.78, 5) is 13.8. The minimum Gasteiger partial charge on any atom is -0.367 e. The maximum absolute atomic E-state index is 12.2. The first-order valence-corrected chi connectivity index (χ1v) is 8.50. The lowest BCUT2D eigenvalue weighted by Gasteiger charge is -2.18. The number of amides is 2. The minimum atomic E-state index is -4.32. The highest BCUT2D eigenvalue weighted by Crippen LogP contribution is 2.16. The van der Waals surface area contributed by atoms with Gasteiger partial charge in [-0.25, -0.2) is 4.79 Å². The van der Waals surface area contributed by atoms with Crippen LogP contribution in [0.3, 0.4) is 0 Å². The van der Waals surface area contributed by atoms with Gasteiger partial charge in [-0.3, -0.25) is 0 Å². The van der Waals surface area contributed by atoms with Crippen LogP contribution >= 0.6 is 0 Å². The summed E-state index contributed by atoms with van der Waals surface area (Å²) < 4.78 is 40.8. The highest BCUT2D eigenvalue weighted by atomic mass is 19.4. The van der Waals surface area contributed by atoms with Crippen LogP contribution in [0.4, 0.5) is 18.0 Å². The summed E-state index contributed by atoms with van der Waals surface area (Å²) in [7, 11) is 1.72. The first-order valence-electron chi connectivity index (χ1n) is 8.50. The molecule has 27 heavy (non-hydrogen) atoms. The van der Waals surface area contributed by atoms with Crippen molar-refractivity contribution in [2.24, 2.45) is 0 Å². The number of hydrogen-bond acceptors (Lipinski definition) is 2. The summed E-state index contributed by atoms with van der Waals surface area (Å²) in [6.07, 6.45) is -4.32.